The van der Waals surface area contributed by atoms with Crippen LogP contribution >= 0.6 is 11.3 Å². The number of rotatable bonds is 4. The SMILES string of the molecule is CC(C)(C)c1nc(CN2CCC[C@H]2C(=O)NCC(F)(F)F)cs1. The van der Waals surface area contributed by atoms with E-state index < -0.39 is 24.7 Å². The molecule has 130 valence electrons. The van der Waals surface area contributed by atoms with Crippen molar-refractivity contribution in [2.24, 2.45) is 0 Å². The summed E-state index contributed by atoms with van der Waals surface area (Å²) in [6.45, 7) is 6.17. The number of amides is 1. The van der Waals surface area contributed by atoms with E-state index in [9.17, 15) is 18.0 Å². The van der Waals surface area contributed by atoms with Crippen molar-refractivity contribution in [1.82, 2.24) is 15.2 Å². The molecule has 1 amide bonds. The normalized spacial score (nSPS) is 20.0. The van der Waals surface area contributed by atoms with Gasteiger partial charge in [-0.15, -0.1) is 11.3 Å². The quantitative estimate of drug-likeness (QED) is 0.909. The van der Waals surface area contributed by atoms with E-state index in [0.29, 0.717) is 19.5 Å². The van der Waals surface area contributed by atoms with Gasteiger partial charge in [0, 0.05) is 17.3 Å². The lowest BCUT2D eigenvalue weighted by molar-refractivity contribution is -0.141. The lowest BCUT2D eigenvalue weighted by Crippen LogP contribution is -2.45. The van der Waals surface area contributed by atoms with Crippen LogP contribution in [0.15, 0.2) is 5.38 Å². The second kappa shape index (κ2) is 6.76. The molecule has 1 aromatic heterocycles. The van der Waals surface area contributed by atoms with Gasteiger partial charge in [-0.05, 0) is 19.4 Å². The zero-order chi connectivity index (χ0) is 17.3. The highest BCUT2D eigenvalue weighted by Gasteiger charge is 2.34. The van der Waals surface area contributed by atoms with Crippen LogP contribution in [-0.4, -0.2) is 41.1 Å². The van der Waals surface area contributed by atoms with E-state index in [1.54, 1.807) is 11.3 Å². The van der Waals surface area contributed by atoms with Crippen LogP contribution in [0.1, 0.15) is 44.3 Å². The molecule has 1 aliphatic rings. The van der Waals surface area contributed by atoms with Gasteiger partial charge in [0.2, 0.25) is 5.91 Å². The summed E-state index contributed by atoms with van der Waals surface area (Å²) in [6, 6.07) is -0.503. The van der Waals surface area contributed by atoms with Crippen molar-refractivity contribution < 1.29 is 18.0 Å². The van der Waals surface area contributed by atoms with Crippen molar-refractivity contribution in [2.45, 2.75) is 57.8 Å². The Morgan fingerprint density at radius 2 is 2.13 bits per heavy atom. The Labute approximate surface area is 138 Å². The largest absolute Gasteiger partial charge is 0.405 e. The van der Waals surface area contributed by atoms with Gasteiger partial charge in [-0.3, -0.25) is 9.69 Å². The number of hydrogen-bond acceptors (Lipinski definition) is 4. The predicted octanol–water partition coefficient (Wildman–Crippen LogP) is 3.08. The summed E-state index contributed by atoms with van der Waals surface area (Å²) in [6.07, 6.45) is -2.99. The molecule has 1 atom stereocenters. The predicted molar refractivity (Wildman–Crippen MR) is 83.3 cm³/mol. The fraction of sp³-hybridized carbons (Fsp3) is 0.733. The molecule has 0 aliphatic carbocycles. The standard InChI is InChI=1S/C15H22F3N3OS/c1-14(2,3)13-20-10(8-23-13)7-21-6-4-5-11(21)12(22)19-9-15(16,17)18/h8,11H,4-7,9H2,1-3H3,(H,19,22)/t11-/m0/s1. The van der Waals surface area contributed by atoms with Gasteiger partial charge in [-0.2, -0.15) is 13.2 Å². The molecule has 1 fully saturated rings. The maximum absolute atomic E-state index is 12.2. The molecule has 0 saturated carbocycles. The van der Waals surface area contributed by atoms with E-state index >= 15 is 0 Å². The fourth-order valence-corrected chi connectivity index (χ4v) is 3.45. The molecule has 0 spiro atoms. The summed E-state index contributed by atoms with van der Waals surface area (Å²) >= 11 is 1.58. The number of hydrogen-bond donors (Lipinski definition) is 1. The van der Waals surface area contributed by atoms with Gasteiger partial charge < -0.3 is 5.32 Å². The van der Waals surface area contributed by atoms with Crippen LogP contribution in [0.4, 0.5) is 13.2 Å². The Hall–Kier alpha value is -1.15. The molecule has 4 nitrogen and oxygen atoms in total. The Kier molecular flexibility index (Phi) is 5.35. The van der Waals surface area contributed by atoms with Crippen molar-refractivity contribution >= 4 is 17.2 Å². The molecular weight excluding hydrogens is 327 g/mol. The van der Waals surface area contributed by atoms with Crippen molar-refractivity contribution in [2.75, 3.05) is 13.1 Å². The van der Waals surface area contributed by atoms with E-state index in [2.05, 4.69) is 25.8 Å². The molecule has 0 bridgehead atoms. The average Bonchev–Trinajstić information content (AvgIpc) is 3.04. The molecule has 1 saturated heterocycles. The van der Waals surface area contributed by atoms with Crippen molar-refractivity contribution in [3.05, 3.63) is 16.1 Å². The molecule has 2 heterocycles. The van der Waals surface area contributed by atoms with Gasteiger partial charge in [0.15, 0.2) is 0 Å². The topological polar surface area (TPSA) is 45.2 Å². The van der Waals surface area contributed by atoms with Gasteiger partial charge >= 0.3 is 6.18 Å². The smallest absolute Gasteiger partial charge is 0.346 e. The van der Waals surface area contributed by atoms with E-state index in [-0.39, 0.29) is 5.41 Å². The van der Waals surface area contributed by atoms with Crippen molar-refractivity contribution in [1.29, 1.82) is 0 Å². The Morgan fingerprint density at radius 3 is 2.70 bits per heavy atom. The molecule has 23 heavy (non-hydrogen) atoms. The molecule has 0 radical (unpaired) electrons. The summed E-state index contributed by atoms with van der Waals surface area (Å²) in [5.74, 6) is -0.550. The second-order valence-electron chi connectivity index (χ2n) is 6.86. The summed E-state index contributed by atoms with van der Waals surface area (Å²) in [5, 5.41) is 4.97. The first kappa shape index (κ1) is 18.2. The van der Waals surface area contributed by atoms with E-state index in [1.807, 2.05) is 15.6 Å². The highest BCUT2D eigenvalue weighted by Crippen LogP contribution is 2.27. The van der Waals surface area contributed by atoms with E-state index in [4.69, 9.17) is 0 Å². The Balaban J connectivity index is 1.96. The van der Waals surface area contributed by atoms with Crippen molar-refractivity contribution in [3.8, 4) is 0 Å². The number of nitrogens with zero attached hydrogens (tertiary/aromatic N) is 2. The molecule has 1 aromatic rings. The molecular formula is C15H22F3N3OS. The third kappa shape index (κ3) is 5.17. The van der Waals surface area contributed by atoms with Crippen LogP contribution in [0.5, 0.6) is 0 Å². The number of alkyl halides is 3. The lowest BCUT2D eigenvalue weighted by atomic mass is 9.98. The highest BCUT2D eigenvalue weighted by molar-refractivity contribution is 7.09. The van der Waals surface area contributed by atoms with Crippen LogP contribution < -0.4 is 5.32 Å². The van der Waals surface area contributed by atoms with Gasteiger partial charge in [0.25, 0.3) is 0 Å². The first-order valence-electron chi connectivity index (χ1n) is 7.60. The number of carbonyl (C=O) groups is 1. The monoisotopic (exact) mass is 349 g/mol. The van der Waals surface area contributed by atoms with Crippen LogP contribution in [0.3, 0.4) is 0 Å². The number of carbonyl (C=O) groups excluding carboxylic acids is 1. The lowest BCUT2D eigenvalue weighted by Gasteiger charge is -2.23. The number of nitrogens with one attached hydrogen (secondary N) is 1. The molecule has 1 N–H and O–H groups in total. The minimum atomic E-state index is -4.38. The molecule has 1 aliphatic heterocycles. The molecule has 8 heteroatoms. The summed E-state index contributed by atoms with van der Waals surface area (Å²) in [7, 11) is 0. The van der Waals surface area contributed by atoms with Gasteiger partial charge in [-0.25, -0.2) is 4.98 Å². The second-order valence-corrected chi connectivity index (χ2v) is 7.71. The Bertz CT molecular complexity index is 551. The van der Waals surface area contributed by atoms with Crippen LogP contribution in [-0.2, 0) is 16.8 Å². The maximum atomic E-state index is 12.2. The highest BCUT2D eigenvalue weighted by atomic mass is 32.1. The average molecular weight is 349 g/mol. The first-order valence-corrected chi connectivity index (χ1v) is 8.47. The summed E-state index contributed by atoms with van der Waals surface area (Å²) in [4.78, 5) is 18.5. The zero-order valence-electron chi connectivity index (χ0n) is 13.5. The summed E-state index contributed by atoms with van der Waals surface area (Å²) in [5.41, 5.74) is 0.840. The number of halogens is 3. The van der Waals surface area contributed by atoms with Gasteiger partial charge in [-0.1, -0.05) is 20.8 Å². The van der Waals surface area contributed by atoms with Crippen molar-refractivity contribution in [3.63, 3.8) is 0 Å². The van der Waals surface area contributed by atoms with E-state index in [0.717, 1.165) is 17.1 Å². The molecule has 2 rings (SSSR count). The van der Waals surface area contributed by atoms with E-state index in [1.165, 1.54) is 0 Å². The minimum absolute atomic E-state index is 0.0303. The summed E-state index contributed by atoms with van der Waals surface area (Å²) < 4.78 is 36.7. The minimum Gasteiger partial charge on any atom is -0.346 e. The molecule has 0 aromatic carbocycles. The van der Waals surface area contributed by atoms with Crippen LogP contribution in [0, 0.1) is 0 Å². The Morgan fingerprint density at radius 1 is 1.43 bits per heavy atom. The third-order valence-corrected chi connectivity index (χ3v) is 5.00. The van der Waals surface area contributed by atoms with Gasteiger partial charge in [0.05, 0.1) is 16.7 Å². The maximum Gasteiger partial charge on any atom is 0.405 e. The fourth-order valence-electron chi connectivity index (χ4n) is 2.55. The third-order valence-electron chi connectivity index (χ3n) is 3.69. The number of likely N-dealkylation sites (tertiary alicyclic amines) is 1. The van der Waals surface area contributed by atoms with Gasteiger partial charge in [0.1, 0.15) is 6.54 Å². The first-order chi connectivity index (χ1) is 10.6. The number of aromatic nitrogens is 1. The van der Waals surface area contributed by atoms with Crippen LogP contribution in [0.25, 0.3) is 0 Å². The number of thiazole rings is 1. The molecule has 0 unspecified atom stereocenters. The zero-order valence-corrected chi connectivity index (χ0v) is 14.4. The van der Waals surface area contributed by atoms with Crippen LogP contribution in [0.2, 0.25) is 0 Å².